The Morgan fingerprint density at radius 2 is 2.08 bits per heavy atom. The Balaban J connectivity index is 1.84. The highest BCUT2D eigenvalue weighted by atomic mass is 32.2. The lowest BCUT2D eigenvalue weighted by Gasteiger charge is -2.27. The highest BCUT2D eigenvalue weighted by Crippen LogP contribution is 2.17. The molecule has 7 nitrogen and oxygen atoms in total. The van der Waals surface area contributed by atoms with E-state index in [1.807, 2.05) is 30.3 Å². The molecule has 0 fully saturated rings. The van der Waals surface area contributed by atoms with Crippen LogP contribution < -0.4 is 0 Å². The molecule has 0 bridgehead atoms. The summed E-state index contributed by atoms with van der Waals surface area (Å²) in [6, 6.07) is 9.23. The molecule has 0 radical (unpaired) electrons. The molecule has 1 aromatic rings. The van der Waals surface area contributed by atoms with E-state index in [1.165, 1.54) is 0 Å². The molecule has 2 rings (SSSR count). The van der Waals surface area contributed by atoms with Gasteiger partial charge in [0, 0.05) is 6.42 Å². The summed E-state index contributed by atoms with van der Waals surface area (Å²) < 4.78 is 37.1. The zero-order valence-electron chi connectivity index (χ0n) is 13.2. The number of carbonyl (C=O) groups excluding carboxylic acids is 1. The first kappa shape index (κ1) is 18.6. The molecular weight excluding hydrogens is 336 g/mol. The fourth-order valence-electron chi connectivity index (χ4n) is 2.11. The number of carbonyl (C=O) groups is 1. The van der Waals surface area contributed by atoms with Crippen LogP contribution in [0.5, 0.6) is 0 Å². The van der Waals surface area contributed by atoms with Gasteiger partial charge in [0.1, 0.15) is 18.8 Å². The lowest BCUT2D eigenvalue weighted by atomic mass is 10.1. The van der Waals surface area contributed by atoms with Crippen molar-refractivity contribution in [3.63, 3.8) is 0 Å². The third-order valence-electron chi connectivity index (χ3n) is 3.32. The SMILES string of the molecule is CS(=O)(=O)OC[C@@H](O)[C@@H]1C=CC[C@H](C(=O)OCc2ccccc2)O1. The van der Waals surface area contributed by atoms with Crippen molar-refractivity contribution in [2.24, 2.45) is 0 Å². The van der Waals surface area contributed by atoms with E-state index < -0.39 is 41.0 Å². The van der Waals surface area contributed by atoms with Gasteiger partial charge in [0.25, 0.3) is 10.1 Å². The molecule has 1 N–H and O–H groups in total. The zero-order chi connectivity index (χ0) is 17.6. The molecule has 3 atom stereocenters. The van der Waals surface area contributed by atoms with Gasteiger partial charge in [-0.15, -0.1) is 0 Å². The average molecular weight is 356 g/mol. The Hall–Kier alpha value is -1.74. The second kappa shape index (κ2) is 8.39. The van der Waals surface area contributed by atoms with E-state index in [9.17, 15) is 18.3 Å². The van der Waals surface area contributed by atoms with Gasteiger partial charge in [0.15, 0.2) is 6.10 Å². The largest absolute Gasteiger partial charge is 0.459 e. The summed E-state index contributed by atoms with van der Waals surface area (Å²) in [5, 5.41) is 9.93. The predicted molar refractivity (Wildman–Crippen MR) is 85.5 cm³/mol. The van der Waals surface area contributed by atoms with Crippen molar-refractivity contribution in [2.75, 3.05) is 12.9 Å². The highest BCUT2D eigenvalue weighted by Gasteiger charge is 2.30. The molecule has 24 heavy (non-hydrogen) atoms. The summed E-state index contributed by atoms with van der Waals surface area (Å²) in [5.41, 5.74) is 0.857. The monoisotopic (exact) mass is 356 g/mol. The molecule has 1 heterocycles. The molecule has 0 aromatic heterocycles. The molecule has 0 saturated carbocycles. The smallest absolute Gasteiger partial charge is 0.335 e. The Morgan fingerprint density at radius 1 is 1.38 bits per heavy atom. The fourth-order valence-corrected chi connectivity index (χ4v) is 2.49. The third-order valence-corrected chi connectivity index (χ3v) is 3.88. The number of hydrogen-bond donors (Lipinski definition) is 1. The van der Waals surface area contributed by atoms with Gasteiger partial charge in [-0.25, -0.2) is 4.79 Å². The second-order valence-corrected chi connectivity index (χ2v) is 7.05. The average Bonchev–Trinajstić information content (AvgIpc) is 2.58. The summed E-state index contributed by atoms with van der Waals surface area (Å²) in [5.74, 6) is -0.538. The van der Waals surface area contributed by atoms with Gasteiger partial charge in [-0.05, 0) is 5.56 Å². The lowest BCUT2D eigenvalue weighted by molar-refractivity contribution is -0.165. The van der Waals surface area contributed by atoms with Crippen molar-refractivity contribution in [2.45, 2.75) is 31.3 Å². The standard InChI is InChI=1S/C16H20O7S/c1-24(19,20)22-11-13(17)14-8-5-9-15(23-14)16(18)21-10-12-6-3-2-4-7-12/h2-8,13-15,17H,9-11H2,1H3/t13-,14+,15-/m1/s1. The number of ether oxygens (including phenoxy) is 2. The van der Waals surface area contributed by atoms with Crippen molar-refractivity contribution in [3.8, 4) is 0 Å². The number of hydrogen-bond acceptors (Lipinski definition) is 7. The topological polar surface area (TPSA) is 99.1 Å². The number of aliphatic hydroxyl groups excluding tert-OH is 1. The van der Waals surface area contributed by atoms with Crippen LogP contribution in [0.1, 0.15) is 12.0 Å². The van der Waals surface area contributed by atoms with Gasteiger partial charge >= 0.3 is 5.97 Å². The molecule has 1 aromatic carbocycles. The van der Waals surface area contributed by atoms with Crippen molar-refractivity contribution >= 4 is 16.1 Å². The van der Waals surface area contributed by atoms with Crippen LogP contribution in [-0.2, 0) is 35.2 Å². The molecule has 0 unspecified atom stereocenters. The summed E-state index contributed by atoms with van der Waals surface area (Å²) in [4.78, 5) is 12.1. The molecule has 8 heteroatoms. The normalized spacial score (nSPS) is 22.1. The van der Waals surface area contributed by atoms with E-state index >= 15 is 0 Å². The van der Waals surface area contributed by atoms with Gasteiger partial charge in [-0.2, -0.15) is 8.42 Å². The van der Waals surface area contributed by atoms with E-state index in [0.717, 1.165) is 11.8 Å². The number of aliphatic hydroxyl groups is 1. The molecule has 0 aliphatic carbocycles. The van der Waals surface area contributed by atoms with Crippen LogP contribution in [-0.4, -0.2) is 50.7 Å². The maximum absolute atomic E-state index is 12.1. The van der Waals surface area contributed by atoms with Crippen LogP contribution in [0.4, 0.5) is 0 Å². The predicted octanol–water partition coefficient (Wildman–Crippen LogP) is 0.781. The van der Waals surface area contributed by atoms with Crippen molar-refractivity contribution in [3.05, 3.63) is 48.0 Å². The van der Waals surface area contributed by atoms with Crippen LogP contribution >= 0.6 is 0 Å². The Morgan fingerprint density at radius 3 is 2.75 bits per heavy atom. The van der Waals surface area contributed by atoms with Gasteiger partial charge in [-0.1, -0.05) is 42.5 Å². The van der Waals surface area contributed by atoms with E-state index in [4.69, 9.17) is 9.47 Å². The number of benzene rings is 1. The Bertz CT molecular complexity index is 669. The molecular formula is C16H20O7S. The van der Waals surface area contributed by atoms with Crippen LogP contribution in [0.3, 0.4) is 0 Å². The summed E-state index contributed by atoms with van der Waals surface area (Å²) in [6.45, 7) is -0.312. The maximum Gasteiger partial charge on any atom is 0.335 e. The Kier molecular flexibility index (Phi) is 6.50. The van der Waals surface area contributed by atoms with E-state index in [-0.39, 0.29) is 6.61 Å². The molecule has 1 aliphatic heterocycles. The van der Waals surface area contributed by atoms with Crippen LogP contribution in [0.2, 0.25) is 0 Å². The first-order chi connectivity index (χ1) is 11.3. The quantitative estimate of drug-likeness (QED) is 0.438. The van der Waals surface area contributed by atoms with Crippen LogP contribution in [0.15, 0.2) is 42.5 Å². The van der Waals surface area contributed by atoms with E-state index in [0.29, 0.717) is 6.42 Å². The first-order valence-corrected chi connectivity index (χ1v) is 9.22. The number of rotatable bonds is 7. The highest BCUT2D eigenvalue weighted by molar-refractivity contribution is 7.85. The zero-order valence-corrected chi connectivity index (χ0v) is 14.0. The second-order valence-electron chi connectivity index (χ2n) is 5.40. The Labute approximate surface area is 141 Å². The van der Waals surface area contributed by atoms with Gasteiger partial charge in [-0.3, -0.25) is 4.18 Å². The fraction of sp³-hybridized carbons (Fsp3) is 0.438. The van der Waals surface area contributed by atoms with Crippen LogP contribution in [0, 0.1) is 0 Å². The minimum atomic E-state index is -3.66. The maximum atomic E-state index is 12.1. The number of esters is 1. The molecule has 0 spiro atoms. The summed E-state index contributed by atoms with van der Waals surface area (Å²) in [6.07, 6.45) is 1.57. The molecule has 0 saturated heterocycles. The molecule has 132 valence electrons. The summed E-state index contributed by atoms with van der Waals surface area (Å²) in [7, 11) is -3.66. The van der Waals surface area contributed by atoms with Crippen molar-refractivity contribution < 1.29 is 32.0 Å². The molecule has 0 amide bonds. The van der Waals surface area contributed by atoms with Gasteiger partial charge < -0.3 is 14.6 Å². The third kappa shape index (κ3) is 6.04. The van der Waals surface area contributed by atoms with E-state index in [1.54, 1.807) is 12.2 Å². The molecule has 1 aliphatic rings. The summed E-state index contributed by atoms with van der Waals surface area (Å²) >= 11 is 0. The van der Waals surface area contributed by atoms with E-state index in [2.05, 4.69) is 4.18 Å². The van der Waals surface area contributed by atoms with Crippen LogP contribution in [0.25, 0.3) is 0 Å². The van der Waals surface area contributed by atoms with Crippen molar-refractivity contribution in [1.82, 2.24) is 0 Å². The minimum Gasteiger partial charge on any atom is -0.459 e. The minimum absolute atomic E-state index is 0.133. The lowest BCUT2D eigenvalue weighted by Crippen LogP contribution is -2.40. The first-order valence-electron chi connectivity index (χ1n) is 7.40. The van der Waals surface area contributed by atoms with Gasteiger partial charge in [0.05, 0.1) is 12.9 Å². The van der Waals surface area contributed by atoms with Gasteiger partial charge in [0.2, 0.25) is 0 Å². The van der Waals surface area contributed by atoms with Crippen molar-refractivity contribution in [1.29, 1.82) is 0 Å².